The van der Waals surface area contributed by atoms with Gasteiger partial charge >= 0.3 is 5.97 Å². The number of sulfonamides is 1. The van der Waals surface area contributed by atoms with Crippen molar-refractivity contribution in [3.63, 3.8) is 0 Å². The van der Waals surface area contributed by atoms with Crippen molar-refractivity contribution in [2.24, 2.45) is 0 Å². The van der Waals surface area contributed by atoms with Gasteiger partial charge in [0.2, 0.25) is 10.0 Å². The van der Waals surface area contributed by atoms with E-state index >= 15 is 0 Å². The van der Waals surface area contributed by atoms with Gasteiger partial charge in [-0.25, -0.2) is 22.9 Å². The average Bonchev–Trinajstić information content (AvgIpc) is 3.00. The van der Waals surface area contributed by atoms with Gasteiger partial charge in [0.05, 0.1) is 6.04 Å². The number of hydrogen-bond acceptors (Lipinski definition) is 5. The molecule has 19 heavy (non-hydrogen) atoms. The van der Waals surface area contributed by atoms with Gasteiger partial charge in [0.15, 0.2) is 0 Å². The molecule has 0 amide bonds. The normalized spacial score (nSPS) is 13.3. The maximum absolute atomic E-state index is 12.1. The van der Waals surface area contributed by atoms with Gasteiger partial charge in [0.25, 0.3) is 0 Å². The van der Waals surface area contributed by atoms with Gasteiger partial charge in [-0.1, -0.05) is 0 Å². The molecule has 2 heterocycles. The van der Waals surface area contributed by atoms with Crippen molar-refractivity contribution in [2.45, 2.75) is 17.9 Å². The van der Waals surface area contributed by atoms with Crippen LogP contribution in [0.1, 0.15) is 28.5 Å². The molecule has 0 saturated heterocycles. The van der Waals surface area contributed by atoms with Crippen LogP contribution in [-0.2, 0) is 10.0 Å². The lowest BCUT2D eigenvalue weighted by molar-refractivity contribution is 0.0698. The third-order valence-electron chi connectivity index (χ3n) is 2.37. The molecule has 0 aliphatic carbocycles. The number of carboxylic acid groups (broad SMARTS) is 1. The molecule has 2 aromatic rings. The summed E-state index contributed by atoms with van der Waals surface area (Å²) in [6, 6.07) is 0.687. The Morgan fingerprint density at radius 3 is 2.89 bits per heavy atom. The highest BCUT2D eigenvalue weighted by molar-refractivity contribution is 7.89. The van der Waals surface area contributed by atoms with Crippen LogP contribution in [0.15, 0.2) is 28.7 Å². The SMILES string of the molecule is CC(NS(=O)(=O)c1ccsc1C(=O)O)c1ncc[nH]1. The fourth-order valence-electron chi connectivity index (χ4n) is 1.53. The number of nitrogens with zero attached hydrogens (tertiary/aromatic N) is 1. The number of aromatic amines is 1. The molecule has 0 bridgehead atoms. The van der Waals surface area contributed by atoms with E-state index in [-0.39, 0.29) is 9.77 Å². The maximum atomic E-state index is 12.1. The minimum absolute atomic E-state index is 0.209. The molecule has 0 aliphatic rings. The molecule has 0 fully saturated rings. The van der Waals surface area contributed by atoms with E-state index in [1.54, 1.807) is 13.1 Å². The first-order valence-electron chi connectivity index (χ1n) is 5.24. The molecule has 0 aromatic carbocycles. The van der Waals surface area contributed by atoms with E-state index < -0.39 is 22.0 Å². The molecule has 2 rings (SSSR count). The molecule has 0 aliphatic heterocycles. The highest BCUT2D eigenvalue weighted by atomic mass is 32.2. The van der Waals surface area contributed by atoms with Gasteiger partial charge < -0.3 is 10.1 Å². The Morgan fingerprint density at radius 2 is 2.32 bits per heavy atom. The first-order chi connectivity index (χ1) is 8.92. The first kappa shape index (κ1) is 13.7. The van der Waals surface area contributed by atoms with Crippen molar-refractivity contribution in [1.82, 2.24) is 14.7 Å². The van der Waals surface area contributed by atoms with Crippen molar-refractivity contribution in [2.75, 3.05) is 0 Å². The second-order valence-electron chi connectivity index (χ2n) is 3.74. The standard InChI is InChI=1S/C10H11N3O4S2/c1-6(9-11-3-4-12-9)13-19(16,17)7-2-5-18-8(7)10(14)15/h2-6,13H,1H3,(H,11,12)(H,14,15). The monoisotopic (exact) mass is 301 g/mol. The van der Waals surface area contributed by atoms with Gasteiger partial charge in [0, 0.05) is 12.4 Å². The average molecular weight is 301 g/mol. The van der Waals surface area contributed by atoms with Gasteiger partial charge in [-0.05, 0) is 18.4 Å². The van der Waals surface area contributed by atoms with E-state index in [0.29, 0.717) is 5.82 Å². The molecule has 102 valence electrons. The Labute approximate surface area is 113 Å². The van der Waals surface area contributed by atoms with Crippen LogP contribution in [0.3, 0.4) is 0 Å². The smallest absolute Gasteiger partial charge is 0.347 e. The van der Waals surface area contributed by atoms with Crippen molar-refractivity contribution >= 4 is 27.3 Å². The number of H-pyrrole nitrogens is 1. The molecule has 2 aromatic heterocycles. The van der Waals surface area contributed by atoms with Gasteiger partial charge in [-0.15, -0.1) is 11.3 Å². The van der Waals surface area contributed by atoms with Crippen LogP contribution >= 0.6 is 11.3 Å². The van der Waals surface area contributed by atoms with Crippen LogP contribution in [0.4, 0.5) is 0 Å². The molecule has 1 atom stereocenters. The summed E-state index contributed by atoms with van der Waals surface area (Å²) in [6.45, 7) is 1.61. The summed E-state index contributed by atoms with van der Waals surface area (Å²) in [5.41, 5.74) is 0. The molecule has 9 heteroatoms. The minimum Gasteiger partial charge on any atom is -0.477 e. The molecule has 3 N–H and O–H groups in total. The summed E-state index contributed by atoms with van der Waals surface area (Å²) in [5, 5.41) is 10.4. The van der Waals surface area contributed by atoms with Crippen LogP contribution < -0.4 is 4.72 Å². The third kappa shape index (κ3) is 2.83. The van der Waals surface area contributed by atoms with Crippen molar-refractivity contribution in [1.29, 1.82) is 0 Å². The number of carbonyl (C=O) groups is 1. The molecule has 7 nitrogen and oxygen atoms in total. The Kier molecular flexibility index (Phi) is 3.69. The predicted molar refractivity (Wildman–Crippen MR) is 68.6 cm³/mol. The summed E-state index contributed by atoms with van der Waals surface area (Å²) >= 11 is 0.867. The Morgan fingerprint density at radius 1 is 1.58 bits per heavy atom. The zero-order valence-electron chi connectivity index (χ0n) is 9.82. The summed E-state index contributed by atoms with van der Waals surface area (Å²) in [7, 11) is -3.90. The summed E-state index contributed by atoms with van der Waals surface area (Å²) in [4.78, 5) is 17.2. The van der Waals surface area contributed by atoms with Crippen molar-refractivity contribution in [3.05, 3.63) is 34.5 Å². The van der Waals surface area contributed by atoms with Crippen LogP contribution in [-0.4, -0.2) is 29.5 Å². The summed E-state index contributed by atoms with van der Waals surface area (Å²) in [5.74, 6) is -0.809. The number of nitrogens with one attached hydrogen (secondary N) is 2. The number of aromatic nitrogens is 2. The van der Waals surface area contributed by atoms with Crippen LogP contribution in [0.5, 0.6) is 0 Å². The lowest BCUT2D eigenvalue weighted by Gasteiger charge is -2.11. The second kappa shape index (κ2) is 5.11. The number of carboxylic acids is 1. The van der Waals surface area contributed by atoms with E-state index in [9.17, 15) is 13.2 Å². The highest BCUT2D eigenvalue weighted by Crippen LogP contribution is 2.23. The third-order valence-corrected chi connectivity index (χ3v) is 4.99. The zero-order chi connectivity index (χ0) is 14.0. The molecule has 0 radical (unpaired) electrons. The van der Waals surface area contributed by atoms with E-state index in [1.807, 2.05) is 0 Å². The number of imidazole rings is 1. The van der Waals surface area contributed by atoms with Crippen LogP contribution in [0.25, 0.3) is 0 Å². The fraction of sp³-hybridized carbons (Fsp3) is 0.200. The highest BCUT2D eigenvalue weighted by Gasteiger charge is 2.26. The summed E-state index contributed by atoms with van der Waals surface area (Å²) in [6.07, 6.45) is 3.08. The van der Waals surface area contributed by atoms with E-state index in [4.69, 9.17) is 5.11 Å². The molecule has 1 unspecified atom stereocenters. The number of rotatable bonds is 5. The maximum Gasteiger partial charge on any atom is 0.347 e. The van der Waals surface area contributed by atoms with Crippen LogP contribution in [0, 0.1) is 0 Å². The lowest BCUT2D eigenvalue weighted by atomic mass is 10.3. The predicted octanol–water partition coefficient (Wildman–Crippen LogP) is 1.21. The van der Waals surface area contributed by atoms with Crippen LogP contribution in [0.2, 0.25) is 0 Å². The zero-order valence-corrected chi connectivity index (χ0v) is 11.5. The van der Waals surface area contributed by atoms with E-state index in [2.05, 4.69) is 14.7 Å². The van der Waals surface area contributed by atoms with Crippen molar-refractivity contribution in [3.8, 4) is 0 Å². The topological polar surface area (TPSA) is 112 Å². The Bertz CT molecular complexity index is 675. The van der Waals surface area contributed by atoms with Gasteiger partial charge in [0.1, 0.15) is 15.6 Å². The minimum atomic E-state index is -3.90. The Hall–Kier alpha value is -1.71. The quantitative estimate of drug-likeness (QED) is 0.768. The molecule has 0 saturated carbocycles. The van der Waals surface area contributed by atoms with Gasteiger partial charge in [-0.2, -0.15) is 0 Å². The molecular weight excluding hydrogens is 290 g/mol. The Balaban J connectivity index is 2.28. The number of hydrogen-bond donors (Lipinski definition) is 3. The van der Waals surface area contributed by atoms with E-state index in [0.717, 1.165) is 11.3 Å². The largest absolute Gasteiger partial charge is 0.477 e. The van der Waals surface area contributed by atoms with Crippen molar-refractivity contribution < 1.29 is 18.3 Å². The molecule has 0 spiro atoms. The molecular formula is C10H11N3O4S2. The lowest BCUT2D eigenvalue weighted by Crippen LogP contribution is -2.28. The van der Waals surface area contributed by atoms with E-state index in [1.165, 1.54) is 17.6 Å². The van der Waals surface area contributed by atoms with Gasteiger partial charge in [-0.3, -0.25) is 0 Å². The first-order valence-corrected chi connectivity index (χ1v) is 7.60. The summed E-state index contributed by atoms with van der Waals surface area (Å²) < 4.78 is 26.6. The number of thiophene rings is 1. The number of aromatic carboxylic acids is 1. The second-order valence-corrected chi connectivity index (χ2v) is 6.34. The fourth-order valence-corrected chi connectivity index (χ4v) is 4.00.